The molecule has 0 radical (unpaired) electrons. The van der Waals surface area contributed by atoms with E-state index in [1.165, 1.54) is 13.0 Å². The summed E-state index contributed by atoms with van der Waals surface area (Å²) in [5.41, 5.74) is 1.84. The van der Waals surface area contributed by atoms with Crippen molar-refractivity contribution < 1.29 is 14.0 Å². The molecule has 8 heteroatoms. The average molecular weight is 399 g/mol. The zero-order chi connectivity index (χ0) is 21.0. The molecule has 1 aliphatic rings. The summed E-state index contributed by atoms with van der Waals surface area (Å²) in [6.45, 7) is 2.48. The SMILES string of the molecule is CC(=O)NCC(=O)N1CCC[C@@H](c2nc(N(C)C)ncc2-c2ccccc2F)C1. The Balaban J connectivity index is 1.93. The van der Waals surface area contributed by atoms with Crippen LogP contribution in [0.3, 0.4) is 0 Å². The third-order valence-corrected chi connectivity index (χ3v) is 5.02. The fourth-order valence-corrected chi connectivity index (χ4v) is 3.54. The van der Waals surface area contributed by atoms with Gasteiger partial charge < -0.3 is 15.1 Å². The molecule has 0 unspecified atom stereocenters. The van der Waals surface area contributed by atoms with Gasteiger partial charge in [0.25, 0.3) is 0 Å². The fraction of sp³-hybridized carbons (Fsp3) is 0.429. The Morgan fingerprint density at radius 2 is 2.03 bits per heavy atom. The summed E-state index contributed by atoms with van der Waals surface area (Å²) in [6, 6.07) is 6.57. The predicted molar refractivity (Wildman–Crippen MR) is 109 cm³/mol. The monoisotopic (exact) mass is 399 g/mol. The number of nitrogens with zero attached hydrogens (tertiary/aromatic N) is 4. The summed E-state index contributed by atoms with van der Waals surface area (Å²) < 4.78 is 14.5. The molecule has 1 aromatic heterocycles. The van der Waals surface area contributed by atoms with Gasteiger partial charge in [0.15, 0.2) is 0 Å². The highest BCUT2D eigenvalue weighted by Gasteiger charge is 2.28. The summed E-state index contributed by atoms with van der Waals surface area (Å²) >= 11 is 0. The van der Waals surface area contributed by atoms with Crippen LogP contribution in [-0.4, -0.2) is 60.4 Å². The van der Waals surface area contributed by atoms with Crippen LogP contribution in [0.2, 0.25) is 0 Å². The van der Waals surface area contributed by atoms with Gasteiger partial charge in [-0.15, -0.1) is 0 Å². The largest absolute Gasteiger partial charge is 0.347 e. The molecule has 2 aromatic rings. The summed E-state index contributed by atoms with van der Waals surface area (Å²) in [6.07, 6.45) is 3.32. The van der Waals surface area contributed by atoms with Crippen LogP contribution in [0.5, 0.6) is 0 Å². The number of halogens is 1. The highest BCUT2D eigenvalue weighted by Crippen LogP contribution is 2.34. The maximum atomic E-state index is 14.5. The van der Waals surface area contributed by atoms with Crippen LogP contribution in [0, 0.1) is 5.82 Å². The lowest BCUT2D eigenvalue weighted by molar-refractivity contribution is -0.133. The van der Waals surface area contributed by atoms with Crippen molar-refractivity contribution in [2.45, 2.75) is 25.7 Å². The molecule has 2 amide bonds. The average Bonchev–Trinajstić information content (AvgIpc) is 2.72. The van der Waals surface area contributed by atoms with E-state index in [0.717, 1.165) is 18.5 Å². The van der Waals surface area contributed by atoms with Crippen LogP contribution >= 0.6 is 0 Å². The van der Waals surface area contributed by atoms with Crippen molar-refractivity contribution in [1.82, 2.24) is 20.2 Å². The lowest BCUT2D eigenvalue weighted by Crippen LogP contribution is -2.44. The number of hydrogen-bond acceptors (Lipinski definition) is 5. The Kier molecular flexibility index (Phi) is 6.41. The number of aromatic nitrogens is 2. The minimum atomic E-state index is -0.329. The quantitative estimate of drug-likeness (QED) is 0.834. The Morgan fingerprint density at radius 1 is 1.28 bits per heavy atom. The number of hydrogen-bond donors (Lipinski definition) is 1. The first kappa shape index (κ1) is 20.7. The molecule has 0 bridgehead atoms. The van der Waals surface area contributed by atoms with Gasteiger partial charge in [-0.1, -0.05) is 18.2 Å². The topological polar surface area (TPSA) is 78.4 Å². The standard InChI is InChI=1S/C21H26FN5O2/c1-14(28)23-12-19(29)27-10-6-7-15(13-27)20-17(11-24-21(25-20)26(2)3)16-8-4-5-9-18(16)22/h4-5,8-9,11,15H,6-7,10,12-13H2,1-3H3,(H,23,28)/t15-/m1/s1. The van der Waals surface area contributed by atoms with Gasteiger partial charge in [-0.05, 0) is 18.9 Å². The molecule has 1 saturated heterocycles. The number of likely N-dealkylation sites (tertiary alicyclic amines) is 1. The summed E-state index contributed by atoms with van der Waals surface area (Å²) in [4.78, 5) is 36.2. The van der Waals surface area contributed by atoms with Crippen LogP contribution in [-0.2, 0) is 9.59 Å². The van der Waals surface area contributed by atoms with Gasteiger partial charge in [0, 0.05) is 57.4 Å². The van der Waals surface area contributed by atoms with Crippen molar-refractivity contribution >= 4 is 17.8 Å². The molecule has 3 rings (SSSR count). The van der Waals surface area contributed by atoms with E-state index in [-0.39, 0.29) is 30.1 Å². The first-order chi connectivity index (χ1) is 13.9. The van der Waals surface area contributed by atoms with Crippen molar-refractivity contribution in [3.63, 3.8) is 0 Å². The van der Waals surface area contributed by atoms with E-state index < -0.39 is 0 Å². The number of piperidine rings is 1. The second-order valence-corrected chi connectivity index (χ2v) is 7.43. The van der Waals surface area contributed by atoms with Crippen LogP contribution in [0.4, 0.5) is 10.3 Å². The van der Waals surface area contributed by atoms with Gasteiger partial charge in [0.05, 0.1) is 12.2 Å². The Hall–Kier alpha value is -3.03. The molecule has 0 aliphatic carbocycles. The highest BCUT2D eigenvalue weighted by atomic mass is 19.1. The van der Waals surface area contributed by atoms with Gasteiger partial charge in [-0.2, -0.15) is 0 Å². The third-order valence-electron chi connectivity index (χ3n) is 5.02. The number of nitrogens with one attached hydrogen (secondary N) is 1. The van der Waals surface area contributed by atoms with E-state index in [2.05, 4.69) is 10.3 Å². The number of carbonyl (C=O) groups excluding carboxylic acids is 2. The smallest absolute Gasteiger partial charge is 0.241 e. The van der Waals surface area contributed by atoms with E-state index in [9.17, 15) is 14.0 Å². The third kappa shape index (κ3) is 4.88. The van der Waals surface area contributed by atoms with Gasteiger partial charge in [0.1, 0.15) is 5.82 Å². The number of amides is 2. The maximum absolute atomic E-state index is 14.5. The second-order valence-electron chi connectivity index (χ2n) is 7.43. The maximum Gasteiger partial charge on any atom is 0.241 e. The van der Waals surface area contributed by atoms with Gasteiger partial charge in [0.2, 0.25) is 17.8 Å². The minimum Gasteiger partial charge on any atom is -0.347 e. The molecule has 1 fully saturated rings. The molecule has 154 valence electrons. The number of rotatable bonds is 5. The van der Waals surface area contributed by atoms with Crippen molar-refractivity contribution in [2.75, 3.05) is 38.6 Å². The lowest BCUT2D eigenvalue weighted by atomic mass is 9.89. The van der Waals surface area contributed by atoms with E-state index in [4.69, 9.17) is 4.98 Å². The van der Waals surface area contributed by atoms with E-state index >= 15 is 0 Å². The Labute approximate surface area is 169 Å². The molecule has 1 N–H and O–H groups in total. The summed E-state index contributed by atoms with van der Waals surface area (Å²) in [7, 11) is 3.71. The molecular weight excluding hydrogens is 373 g/mol. The zero-order valence-corrected chi connectivity index (χ0v) is 17.0. The van der Waals surface area contributed by atoms with Crippen LogP contribution in [0.15, 0.2) is 30.5 Å². The summed E-state index contributed by atoms with van der Waals surface area (Å²) in [5.74, 6) is -0.188. The van der Waals surface area contributed by atoms with Crippen molar-refractivity contribution in [3.8, 4) is 11.1 Å². The van der Waals surface area contributed by atoms with E-state index in [0.29, 0.717) is 30.2 Å². The molecule has 0 saturated carbocycles. The van der Waals surface area contributed by atoms with Crippen LogP contribution in [0.25, 0.3) is 11.1 Å². The van der Waals surface area contributed by atoms with E-state index in [1.54, 1.807) is 34.2 Å². The van der Waals surface area contributed by atoms with Crippen LogP contribution in [0.1, 0.15) is 31.4 Å². The molecule has 29 heavy (non-hydrogen) atoms. The normalized spacial score (nSPS) is 16.4. The Morgan fingerprint density at radius 3 is 2.72 bits per heavy atom. The molecule has 7 nitrogen and oxygen atoms in total. The van der Waals surface area contributed by atoms with E-state index in [1.807, 2.05) is 14.1 Å². The zero-order valence-electron chi connectivity index (χ0n) is 17.0. The van der Waals surface area contributed by atoms with Crippen LogP contribution < -0.4 is 10.2 Å². The number of benzene rings is 1. The van der Waals surface area contributed by atoms with Gasteiger partial charge in [-0.25, -0.2) is 14.4 Å². The predicted octanol–water partition coefficient (Wildman–Crippen LogP) is 2.19. The van der Waals surface area contributed by atoms with Gasteiger partial charge in [-0.3, -0.25) is 9.59 Å². The Bertz CT molecular complexity index is 902. The second kappa shape index (κ2) is 8.98. The number of carbonyl (C=O) groups is 2. The highest BCUT2D eigenvalue weighted by molar-refractivity contribution is 5.83. The minimum absolute atomic E-state index is 0.0189. The molecule has 2 heterocycles. The molecular formula is C21H26FN5O2. The first-order valence-electron chi connectivity index (χ1n) is 9.68. The van der Waals surface area contributed by atoms with Crippen molar-refractivity contribution in [1.29, 1.82) is 0 Å². The fourth-order valence-electron chi connectivity index (χ4n) is 3.54. The number of anilines is 1. The first-order valence-corrected chi connectivity index (χ1v) is 9.68. The molecule has 1 aliphatic heterocycles. The molecule has 1 atom stereocenters. The van der Waals surface area contributed by atoms with Crippen molar-refractivity contribution in [2.24, 2.45) is 0 Å². The molecule has 1 aromatic carbocycles. The summed E-state index contributed by atoms with van der Waals surface area (Å²) in [5, 5.41) is 2.55. The molecule has 0 spiro atoms. The van der Waals surface area contributed by atoms with Crippen molar-refractivity contribution in [3.05, 3.63) is 42.0 Å². The van der Waals surface area contributed by atoms with Gasteiger partial charge >= 0.3 is 0 Å². The lowest BCUT2D eigenvalue weighted by Gasteiger charge is -2.33.